The molecule has 1 atom stereocenters. The van der Waals surface area contributed by atoms with Gasteiger partial charge >= 0.3 is 5.97 Å². The number of carbonyl (C=O) groups is 1. The summed E-state index contributed by atoms with van der Waals surface area (Å²) < 4.78 is 46.3. The number of rotatable bonds is 5. The lowest BCUT2D eigenvalue weighted by atomic mass is 10.0. The van der Waals surface area contributed by atoms with Crippen LogP contribution in [0.2, 0.25) is 5.02 Å². The molecule has 0 aromatic heterocycles. The fourth-order valence-electron chi connectivity index (χ4n) is 2.99. The van der Waals surface area contributed by atoms with Crippen LogP contribution in [0.3, 0.4) is 0 Å². The predicted octanol–water partition coefficient (Wildman–Crippen LogP) is 3.71. The van der Waals surface area contributed by atoms with E-state index in [0.717, 1.165) is 4.31 Å². The molecule has 1 heterocycles. The van der Waals surface area contributed by atoms with Gasteiger partial charge in [0.25, 0.3) is 0 Å². The average molecular weight is 410 g/mol. The number of hydrogen-bond acceptors (Lipinski definition) is 4. The zero-order valence-electron chi connectivity index (χ0n) is 14.4. The van der Waals surface area contributed by atoms with Crippen molar-refractivity contribution in [2.24, 2.45) is 0 Å². The molecule has 0 radical (unpaired) electrons. The Hall–Kier alpha value is -2.22. The lowest BCUT2D eigenvalue weighted by Crippen LogP contribution is -2.33. The summed E-state index contributed by atoms with van der Waals surface area (Å²) in [7, 11) is -3.99. The number of benzene rings is 2. The van der Waals surface area contributed by atoms with Gasteiger partial charge in [-0.1, -0.05) is 35.9 Å². The molecule has 0 spiro atoms. The quantitative estimate of drug-likeness (QED) is 0.706. The van der Waals surface area contributed by atoms with Crippen LogP contribution in [0.25, 0.3) is 0 Å². The van der Waals surface area contributed by atoms with Crippen molar-refractivity contribution >= 4 is 27.6 Å². The van der Waals surface area contributed by atoms with E-state index in [-0.39, 0.29) is 28.6 Å². The molecule has 8 heteroatoms. The lowest BCUT2D eigenvalue weighted by Gasteiger charge is -2.26. The van der Waals surface area contributed by atoms with Crippen LogP contribution in [-0.2, 0) is 19.6 Å². The van der Waals surface area contributed by atoms with Crippen molar-refractivity contribution in [1.29, 1.82) is 0 Å². The van der Waals surface area contributed by atoms with Crippen LogP contribution < -0.4 is 0 Å². The Morgan fingerprint density at radius 3 is 2.67 bits per heavy atom. The molecule has 0 saturated carbocycles. The molecule has 142 valence electrons. The molecule has 2 aromatic rings. The molecule has 0 amide bonds. The molecule has 0 aliphatic carbocycles. The van der Waals surface area contributed by atoms with Crippen LogP contribution in [0.1, 0.15) is 18.5 Å². The second-order valence-electron chi connectivity index (χ2n) is 5.87. The van der Waals surface area contributed by atoms with Crippen LogP contribution in [-0.4, -0.2) is 31.8 Å². The molecule has 2 aromatic carbocycles. The molecule has 0 N–H and O–H groups in total. The Morgan fingerprint density at radius 2 is 2.00 bits per heavy atom. The maximum atomic E-state index is 13.8. The van der Waals surface area contributed by atoms with Crippen molar-refractivity contribution in [3.8, 4) is 0 Å². The number of halogens is 2. The van der Waals surface area contributed by atoms with Crippen molar-refractivity contribution in [2.75, 3.05) is 13.2 Å². The fourth-order valence-corrected chi connectivity index (χ4v) is 4.83. The lowest BCUT2D eigenvalue weighted by molar-refractivity contribution is -0.138. The minimum absolute atomic E-state index is 0.00471. The Kier molecular flexibility index (Phi) is 5.64. The molecule has 27 heavy (non-hydrogen) atoms. The summed E-state index contributed by atoms with van der Waals surface area (Å²) in [6, 6.07) is 10.4. The first-order chi connectivity index (χ1) is 12.8. The van der Waals surface area contributed by atoms with Crippen LogP contribution >= 0.6 is 11.6 Å². The molecule has 3 rings (SSSR count). The topological polar surface area (TPSA) is 63.7 Å². The van der Waals surface area contributed by atoms with Crippen LogP contribution in [0, 0.1) is 5.82 Å². The van der Waals surface area contributed by atoms with E-state index >= 15 is 0 Å². The summed E-state index contributed by atoms with van der Waals surface area (Å²) in [5.41, 5.74) is 0.505. The second kappa shape index (κ2) is 7.80. The highest BCUT2D eigenvalue weighted by Gasteiger charge is 2.41. The first-order valence-electron chi connectivity index (χ1n) is 8.24. The molecule has 0 bridgehead atoms. The molecule has 1 aliphatic rings. The van der Waals surface area contributed by atoms with E-state index in [1.165, 1.54) is 42.5 Å². The van der Waals surface area contributed by atoms with E-state index < -0.39 is 27.9 Å². The highest BCUT2D eigenvalue weighted by Crippen LogP contribution is 2.38. The predicted molar refractivity (Wildman–Crippen MR) is 99.2 cm³/mol. The third-order valence-corrected chi connectivity index (χ3v) is 6.21. The Labute approximate surface area is 162 Å². The number of hydrogen-bond donors (Lipinski definition) is 0. The normalized spacial score (nSPS) is 17.6. The zero-order valence-corrected chi connectivity index (χ0v) is 16.0. The molecule has 1 aliphatic heterocycles. The third kappa shape index (κ3) is 3.90. The van der Waals surface area contributed by atoms with E-state index in [9.17, 15) is 17.6 Å². The number of nitrogens with zero attached hydrogens (tertiary/aromatic N) is 1. The number of ether oxygens (including phenoxy) is 1. The molecule has 0 fully saturated rings. The van der Waals surface area contributed by atoms with Gasteiger partial charge in [-0.2, -0.15) is 4.31 Å². The van der Waals surface area contributed by atoms with Gasteiger partial charge in [0.15, 0.2) is 0 Å². The smallest absolute Gasteiger partial charge is 0.335 e. The maximum Gasteiger partial charge on any atom is 0.335 e. The summed E-state index contributed by atoms with van der Waals surface area (Å²) >= 11 is 5.93. The zero-order chi connectivity index (χ0) is 19.6. The average Bonchev–Trinajstić information content (AvgIpc) is 3.08. The van der Waals surface area contributed by atoms with Gasteiger partial charge in [0, 0.05) is 11.6 Å². The van der Waals surface area contributed by atoms with Gasteiger partial charge in [0.1, 0.15) is 5.82 Å². The number of esters is 1. The standard InChI is InChI=1S/C19H17ClFNO4S/c1-2-26-19(23)17-9-10-22(18(17)13-5-3-7-15(21)11-13)27(24,25)16-8-4-6-14(20)12-16/h3-9,11-12,18H,2,10H2,1H3. The van der Waals surface area contributed by atoms with Crippen molar-refractivity contribution in [3.05, 3.63) is 76.6 Å². The van der Waals surface area contributed by atoms with Crippen LogP contribution in [0.5, 0.6) is 0 Å². The van der Waals surface area contributed by atoms with E-state index in [0.29, 0.717) is 5.56 Å². The molecular formula is C19H17ClFNO4S. The van der Waals surface area contributed by atoms with Gasteiger partial charge in [0.2, 0.25) is 10.0 Å². The van der Waals surface area contributed by atoms with E-state index in [1.807, 2.05) is 0 Å². The third-order valence-electron chi connectivity index (χ3n) is 4.15. The monoisotopic (exact) mass is 409 g/mol. The largest absolute Gasteiger partial charge is 0.463 e. The van der Waals surface area contributed by atoms with Crippen LogP contribution in [0.4, 0.5) is 4.39 Å². The summed E-state index contributed by atoms with van der Waals surface area (Å²) in [6.07, 6.45) is 1.50. The molecule has 1 unspecified atom stereocenters. The highest BCUT2D eigenvalue weighted by atomic mass is 35.5. The van der Waals surface area contributed by atoms with Crippen molar-refractivity contribution in [1.82, 2.24) is 4.31 Å². The fraction of sp³-hybridized carbons (Fsp3) is 0.211. The van der Waals surface area contributed by atoms with Gasteiger partial charge in [-0.25, -0.2) is 17.6 Å². The Balaban J connectivity index is 2.08. The molecule has 0 saturated heterocycles. The van der Waals surface area contributed by atoms with E-state index in [1.54, 1.807) is 19.1 Å². The number of carbonyl (C=O) groups excluding carboxylic acids is 1. The summed E-state index contributed by atoms with van der Waals surface area (Å²) in [4.78, 5) is 12.3. The maximum absolute atomic E-state index is 13.8. The minimum Gasteiger partial charge on any atom is -0.463 e. The summed E-state index contributed by atoms with van der Waals surface area (Å²) in [5.74, 6) is -1.15. The summed E-state index contributed by atoms with van der Waals surface area (Å²) in [6.45, 7) is 1.77. The Bertz CT molecular complexity index is 1010. The number of sulfonamides is 1. The van der Waals surface area contributed by atoms with Gasteiger partial charge < -0.3 is 4.74 Å². The second-order valence-corrected chi connectivity index (χ2v) is 8.20. The summed E-state index contributed by atoms with van der Waals surface area (Å²) in [5, 5.41) is 0.274. The van der Waals surface area contributed by atoms with E-state index in [4.69, 9.17) is 16.3 Å². The van der Waals surface area contributed by atoms with Crippen molar-refractivity contribution in [2.45, 2.75) is 17.9 Å². The van der Waals surface area contributed by atoms with Gasteiger partial charge in [-0.15, -0.1) is 0 Å². The molecule has 5 nitrogen and oxygen atoms in total. The van der Waals surface area contributed by atoms with Crippen molar-refractivity contribution < 1.29 is 22.3 Å². The van der Waals surface area contributed by atoms with Gasteiger partial charge in [0.05, 0.1) is 23.1 Å². The van der Waals surface area contributed by atoms with Gasteiger partial charge in [-0.05, 0) is 42.8 Å². The SMILES string of the molecule is CCOC(=O)C1=CCN(S(=O)(=O)c2cccc(Cl)c2)C1c1cccc(F)c1. The van der Waals surface area contributed by atoms with Crippen LogP contribution in [0.15, 0.2) is 65.1 Å². The van der Waals surface area contributed by atoms with E-state index in [2.05, 4.69) is 0 Å². The Morgan fingerprint density at radius 1 is 1.26 bits per heavy atom. The first kappa shape index (κ1) is 19.5. The van der Waals surface area contributed by atoms with Crippen molar-refractivity contribution in [3.63, 3.8) is 0 Å². The van der Waals surface area contributed by atoms with Gasteiger partial charge in [-0.3, -0.25) is 0 Å². The molecular weight excluding hydrogens is 393 g/mol. The first-order valence-corrected chi connectivity index (χ1v) is 10.1. The minimum atomic E-state index is -3.99. The highest BCUT2D eigenvalue weighted by molar-refractivity contribution is 7.89.